The summed E-state index contributed by atoms with van der Waals surface area (Å²) in [6.07, 6.45) is -3.26. The second-order valence-corrected chi connectivity index (χ2v) is 3.33. The van der Waals surface area contributed by atoms with E-state index < -0.39 is 16.6 Å². The quantitative estimate of drug-likeness (QED) is 0.672. The Morgan fingerprint density at radius 3 is 2.31 bits per heavy atom. The first-order chi connectivity index (χ1) is 5.93. The molecule has 0 N–H and O–H groups in total. The van der Waals surface area contributed by atoms with E-state index in [9.17, 15) is 13.2 Å². The molecule has 0 unspecified atom stereocenters. The Morgan fingerprint density at radius 2 is 1.92 bits per heavy atom. The molecule has 1 aromatic heterocycles. The second-order valence-electron chi connectivity index (χ2n) is 2.23. The van der Waals surface area contributed by atoms with Crippen LogP contribution in [0.3, 0.4) is 0 Å². The summed E-state index contributed by atoms with van der Waals surface area (Å²) in [5.41, 5.74) is -1.26. The monoisotopic (exact) mass is 229 g/mol. The van der Waals surface area contributed by atoms with Crippen LogP contribution in [0.25, 0.3) is 0 Å². The van der Waals surface area contributed by atoms with Gasteiger partial charge in [-0.25, -0.2) is 0 Å². The van der Waals surface area contributed by atoms with Crippen molar-refractivity contribution >= 4 is 23.2 Å². The van der Waals surface area contributed by atoms with Crippen LogP contribution in [-0.2, 0) is 6.18 Å². The lowest BCUT2D eigenvalue weighted by Crippen LogP contribution is -2.10. The number of rotatable bonds is 1. The number of aromatic nitrogens is 1. The first-order valence-electron chi connectivity index (χ1n) is 3.23. The molecule has 0 saturated carbocycles. The first kappa shape index (κ1) is 10.6. The summed E-state index contributed by atoms with van der Waals surface area (Å²) < 4.78 is 36.8. The van der Waals surface area contributed by atoms with Gasteiger partial charge in [0, 0.05) is 6.20 Å². The third kappa shape index (κ3) is 2.48. The van der Waals surface area contributed by atoms with Crippen molar-refractivity contribution in [1.82, 2.24) is 4.98 Å². The predicted octanol–water partition coefficient (Wildman–Crippen LogP) is 3.58. The van der Waals surface area contributed by atoms with Gasteiger partial charge in [-0.3, -0.25) is 4.98 Å². The van der Waals surface area contributed by atoms with Crippen LogP contribution in [-0.4, -0.2) is 4.98 Å². The molecule has 72 valence electrons. The van der Waals surface area contributed by atoms with Crippen molar-refractivity contribution in [3.05, 3.63) is 29.6 Å². The van der Waals surface area contributed by atoms with Gasteiger partial charge in [-0.1, -0.05) is 23.2 Å². The maximum atomic E-state index is 12.3. The molecule has 0 aromatic carbocycles. The standard InChI is InChI=1S/C7H4Cl2F3N/c8-6(9)5-4(7(10,11)12)2-1-3-13-5/h1-3,6H. The average Bonchev–Trinajstić information content (AvgIpc) is 2.03. The van der Waals surface area contributed by atoms with Crippen molar-refractivity contribution < 1.29 is 13.2 Å². The van der Waals surface area contributed by atoms with E-state index in [1.165, 1.54) is 12.3 Å². The fourth-order valence-electron chi connectivity index (χ4n) is 0.831. The molecule has 0 saturated heterocycles. The number of nitrogens with zero attached hydrogens (tertiary/aromatic N) is 1. The predicted molar refractivity (Wildman–Crippen MR) is 43.7 cm³/mol. The van der Waals surface area contributed by atoms with Gasteiger partial charge < -0.3 is 0 Å². The first-order valence-corrected chi connectivity index (χ1v) is 4.10. The van der Waals surface area contributed by atoms with Crippen molar-refractivity contribution in [3.63, 3.8) is 0 Å². The molecule has 0 aliphatic rings. The lowest BCUT2D eigenvalue weighted by molar-refractivity contribution is -0.138. The lowest BCUT2D eigenvalue weighted by atomic mass is 10.2. The molecular formula is C7H4Cl2F3N. The SMILES string of the molecule is FC(F)(F)c1cccnc1C(Cl)Cl. The van der Waals surface area contributed by atoms with E-state index in [4.69, 9.17) is 23.2 Å². The highest BCUT2D eigenvalue weighted by atomic mass is 35.5. The molecule has 0 aliphatic heterocycles. The molecule has 6 heteroatoms. The summed E-state index contributed by atoms with van der Waals surface area (Å²) in [7, 11) is 0. The van der Waals surface area contributed by atoms with Gasteiger partial charge in [0.15, 0.2) is 0 Å². The van der Waals surface area contributed by atoms with Crippen LogP contribution in [0.4, 0.5) is 13.2 Å². The largest absolute Gasteiger partial charge is 0.418 e. The van der Waals surface area contributed by atoms with Crippen LogP contribution in [0.5, 0.6) is 0 Å². The van der Waals surface area contributed by atoms with E-state index in [0.29, 0.717) is 0 Å². The van der Waals surface area contributed by atoms with Gasteiger partial charge in [-0.15, -0.1) is 0 Å². The summed E-state index contributed by atoms with van der Waals surface area (Å²) in [4.78, 5) is 2.19. The molecule has 0 aliphatic carbocycles. The maximum Gasteiger partial charge on any atom is 0.418 e. The van der Waals surface area contributed by atoms with Gasteiger partial charge in [0.25, 0.3) is 0 Å². The minimum Gasteiger partial charge on any atom is -0.258 e. The number of halogens is 5. The van der Waals surface area contributed by atoms with E-state index in [0.717, 1.165) is 6.07 Å². The molecule has 0 amide bonds. The van der Waals surface area contributed by atoms with Crippen LogP contribution in [0.15, 0.2) is 18.3 Å². The second kappa shape index (κ2) is 3.72. The number of pyridine rings is 1. The van der Waals surface area contributed by atoms with Crippen molar-refractivity contribution in [3.8, 4) is 0 Å². The van der Waals surface area contributed by atoms with Gasteiger partial charge in [-0.2, -0.15) is 13.2 Å². The van der Waals surface area contributed by atoms with Crippen molar-refractivity contribution in [2.24, 2.45) is 0 Å². The zero-order chi connectivity index (χ0) is 10.1. The topological polar surface area (TPSA) is 12.9 Å². The summed E-state index contributed by atoms with van der Waals surface area (Å²) in [5.74, 6) is 0. The van der Waals surface area contributed by atoms with Gasteiger partial charge >= 0.3 is 6.18 Å². The van der Waals surface area contributed by atoms with Gasteiger partial charge in [0.05, 0.1) is 11.3 Å². The third-order valence-electron chi connectivity index (χ3n) is 1.35. The third-order valence-corrected chi connectivity index (χ3v) is 1.76. The summed E-state index contributed by atoms with van der Waals surface area (Å²) in [6, 6.07) is 2.07. The Kier molecular flexibility index (Phi) is 3.03. The Balaban J connectivity index is 3.20. The zero-order valence-corrected chi connectivity index (χ0v) is 7.66. The van der Waals surface area contributed by atoms with Gasteiger partial charge in [0.1, 0.15) is 4.84 Å². The van der Waals surface area contributed by atoms with Crippen molar-refractivity contribution in [2.45, 2.75) is 11.0 Å². The summed E-state index contributed by atoms with van der Waals surface area (Å²) in [5, 5.41) is 0. The van der Waals surface area contributed by atoms with E-state index in [2.05, 4.69) is 4.98 Å². The maximum absolute atomic E-state index is 12.3. The molecule has 0 radical (unpaired) electrons. The lowest BCUT2D eigenvalue weighted by Gasteiger charge is -2.11. The fourth-order valence-corrected chi connectivity index (χ4v) is 1.18. The zero-order valence-electron chi connectivity index (χ0n) is 6.15. The normalized spacial score (nSPS) is 12.2. The minimum atomic E-state index is -4.47. The van der Waals surface area contributed by atoms with E-state index in [-0.39, 0.29) is 5.69 Å². The Bertz CT molecular complexity index is 298. The van der Waals surface area contributed by atoms with Gasteiger partial charge in [-0.05, 0) is 12.1 Å². The Hall–Kier alpha value is -0.480. The highest BCUT2D eigenvalue weighted by molar-refractivity contribution is 6.43. The van der Waals surface area contributed by atoms with Gasteiger partial charge in [0.2, 0.25) is 0 Å². The summed E-state index contributed by atoms with van der Waals surface area (Å²) >= 11 is 10.6. The number of hydrogen-bond acceptors (Lipinski definition) is 1. The highest BCUT2D eigenvalue weighted by Gasteiger charge is 2.35. The van der Waals surface area contributed by atoms with Crippen LogP contribution >= 0.6 is 23.2 Å². The van der Waals surface area contributed by atoms with Crippen molar-refractivity contribution in [1.29, 1.82) is 0 Å². The number of alkyl halides is 5. The van der Waals surface area contributed by atoms with Crippen LogP contribution in [0.1, 0.15) is 16.1 Å². The minimum absolute atomic E-state index is 0.363. The molecule has 0 bridgehead atoms. The van der Waals surface area contributed by atoms with Crippen LogP contribution < -0.4 is 0 Å². The average molecular weight is 230 g/mol. The fraction of sp³-hybridized carbons (Fsp3) is 0.286. The van der Waals surface area contributed by atoms with E-state index >= 15 is 0 Å². The molecular weight excluding hydrogens is 226 g/mol. The molecule has 1 heterocycles. The van der Waals surface area contributed by atoms with E-state index in [1.54, 1.807) is 0 Å². The van der Waals surface area contributed by atoms with Crippen molar-refractivity contribution in [2.75, 3.05) is 0 Å². The highest BCUT2D eigenvalue weighted by Crippen LogP contribution is 2.36. The smallest absolute Gasteiger partial charge is 0.258 e. The molecule has 0 atom stereocenters. The molecule has 1 rings (SSSR count). The molecule has 0 spiro atoms. The molecule has 1 nitrogen and oxygen atoms in total. The van der Waals surface area contributed by atoms with E-state index in [1.807, 2.05) is 0 Å². The molecule has 13 heavy (non-hydrogen) atoms. The summed E-state index contributed by atoms with van der Waals surface area (Å²) in [6.45, 7) is 0. The Labute approximate surface area is 82.5 Å². The van der Waals surface area contributed by atoms with Crippen LogP contribution in [0, 0.1) is 0 Å². The molecule has 1 aromatic rings. The Morgan fingerprint density at radius 1 is 1.31 bits per heavy atom. The number of hydrogen-bond donors (Lipinski definition) is 0. The molecule has 0 fully saturated rings. The van der Waals surface area contributed by atoms with Crippen LogP contribution in [0.2, 0.25) is 0 Å².